The number of amides is 1. The van der Waals surface area contributed by atoms with E-state index in [-0.39, 0.29) is 11.7 Å². The van der Waals surface area contributed by atoms with Gasteiger partial charge in [-0.2, -0.15) is 0 Å². The van der Waals surface area contributed by atoms with Crippen LogP contribution in [0.15, 0.2) is 41.0 Å². The minimum Gasteiger partial charge on any atom is -0.457 e. The lowest BCUT2D eigenvalue weighted by Crippen LogP contribution is -2.42. The fourth-order valence-corrected chi connectivity index (χ4v) is 2.79. The van der Waals surface area contributed by atoms with Gasteiger partial charge in [0.25, 0.3) is 5.91 Å². The summed E-state index contributed by atoms with van der Waals surface area (Å²) in [5.74, 6) is -0.642. The molecule has 120 valence electrons. The van der Waals surface area contributed by atoms with Crippen molar-refractivity contribution in [1.29, 1.82) is 0 Å². The lowest BCUT2D eigenvalue weighted by molar-refractivity contribution is -0.140. The third-order valence-corrected chi connectivity index (χ3v) is 4.12. The smallest absolute Gasteiger partial charge is 0.375 e. The lowest BCUT2D eigenvalue weighted by atomic mass is 9.99. The van der Waals surface area contributed by atoms with Gasteiger partial charge in [0.2, 0.25) is 5.76 Å². The van der Waals surface area contributed by atoms with Crippen molar-refractivity contribution >= 4 is 11.9 Å². The maximum Gasteiger partial charge on any atom is 0.375 e. The molecule has 1 aliphatic heterocycles. The third kappa shape index (κ3) is 3.13. The SMILES string of the molecule is Cc1ccoc1C(=O)O[C@@H](C)C(=O)N1CCc2ccccc2C1. The van der Waals surface area contributed by atoms with Crippen LogP contribution in [0.5, 0.6) is 0 Å². The average Bonchev–Trinajstić information content (AvgIpc) is 2.99. The van der Waals surface area contributed by atoms with E-state index in [4.69, 9.17) is 9.15 Å². The highest BCUT2D eigenvalue weighted by atomic mass is 16.6. The maximum atomic E-state index is 12.5. The molecule has 1 aromatic heterocycles. The predicted octanol–water partition coefficient (Wildman–Crippen LogP) is 2.72. The Morgan fingerprint density at radius 2 is 1.96 bits per heavy atom. The Bertz CT molecular complexity index is 734. The maximum absolute atomic E-state index is 12.5. The number of benzene rings is 1. The van der Waals surface area contributed by atoms with Crippen molar-refractivity contribution in [3.05, 3.63) is 59.0 Å². The number of carbonyl (C=O) groups excluding carboxylic acids is 2. The Morgan fingerprint density at radius 1 is 1.22 bits per heavy atom. The van der Waals surface area contributed by atoms with E-state index in [9.17, 15) is 9.59 Å². The zero-order valence-electron chi connectivity index (χ0n) is 13.2. The van der Waals surface area contributed by atoms with E-state index in [1.165, 1.54) is 11.8 Å². The summed E-state index contributed by atoms with van der Waals surface area (Å²) < 4.78 is 10.4. The van der Waals surface area contributed by atoms with Crippen LogP contribution in [0, 0.1) is 6.92 Å². The second-order valence-corrected chi connectivity index (χ2v) is 5.76. The van der Waals surface area contributed by atoms with Crippen LogP contribution in [0.25, 0.3) is 0 Å². The van der Waals surface area contributed by atoms with E-state index < -0.39 is 12.1 Å². The molecule has 0 fully saturated rings. The van der Waals surface area contributed by atoms with E-state index in [0.29, 0.717) is 18.7 Å². The molecule has 0 saturated carbocycles. The molecule has 5 nitrogen and oxygen atoms in total. The van der Waals surface area contributed by atoms with Gasteiger partial charge in [-0.05, 0) is 37.5 Å². The molecule has 2 heterocycles. The minimum absolute atomic E-state index is 0.147. The van der Waals surface area contributed by atoms with E-state index in [1.54, 1.807) is 24.8 Å². The van der Waals surface area contributed by atoms with Crippen molar-refractivity contribution in [2.45, 2.75) is 32.9 Å². The zero-order chi connectivity index (χ0) is 16.4. The largest absolute Gasteiger partial charge is 0.457 e. The van der Waals surface area contributed by atoms with Gasteiger partial charge in [0.05, 0.1) is 6.26 Å². The van der Waals surface area contributed by atoms with Crippen molar-refractivity contribution in [2.24, 2.45) is 0 Å². The van der Waals surface area contributed by atoms with Gasteiger partial charge in [-0.3, -0.25) is 4.79 Å². The molecule has 1 aliphatic rings. The summed E-state index contributed by atoms with van der Waals surface area (Å²) in [7, 11) is 0. The quantitative estimate of drug-likeness (QED) is 0.818. The number of hydrogen-bond acceptors (Lipinski definition) is 4. The summed E-state index contributed by atoms with van der Waals surface area (Å²) in [6.45, 7) is 4.54. The van der Waals surface area contributed by atoms with Crippen molar-refractivity contribution in [3.63, 3.8) is 0 Å². The Labute approximate surface area is 134 Å². The number of carbonyl (C=O) groups is 2. The summed E-state index contributed by atoms with van der Waals surface area (Å²) in [5.41, 5.74) is 3.11. The van der Waals surface area contributed by atoms with E-state index >= 15 is 0 Å². The van der Waals surface area contributed by atoms with Gasteiger partial charge >= 0.3 is 5.97 Å². The van der Waals surface area contributed by atoms with Crippen molar-refractivity contribution in [3.8, 4) is 0 Å². The van der Waals surface area contributed by atoms with Crippen molar-refractivity contribution in [1.82, 2.24) is 4.90 Å². The summed E-state index contributed by atoms with van der Waals surface area (Å²) in [5, 5.41) is 0. The molecule has 1 atom stereocenters. The molecule has 0 spiro atoms. The number of fused-ring (bicyclic) bond motifs is 1. The first-order chi connectivity index (χ1) is 11.1. The number of aryl methyl sites for hydroxylation is 1. The van der Waals surface area contributed by atoms with Crippen LogP contribution >= 0.6 is 0 Å². The highest BCUT2D eigenvalue weighted by Gasteiger charge is 2.28. The summed E-state index contributed by atoms with van der Waals surface area (Å²) >= 11 is 0. The predicted molar refractivity (Wildman–Crippen MR) is 83.9 cm³/mol. The topological polar surface area (TPSA) is 59.8 Å². The van der Waals surface area contributed by atoms with Gasteiger partial charge < -0.3 is 14.1 Å². The molecule has 0 saturated heterocycles. The zero-order valence-corrected chi connectivity index (χ0v) is 13.2. The molecule has 23 heavy (non-hydrogen) atoms. The molecule has 5 heteroatoms. The molecular weight excluding hydrogens is 294 g/mol. The van der Waals surface area contributed by atoms with Crippen LogP contribution in [0.4, 0.5) is 0 Å². The molecular formula is C18H19NO4. The van der Waals surface area contributed by atoms with Gasteiger partial charge in [0.15, 0.2) is 6.10 Å². The number of nitrogens with zero attached hydrogens (tertiary/aromatic N) is 1. The first-order valence-corrected chi connectivity index (χ1v) is 7.67. The fraction of sp³-hybridized carbons (Fsp3) is 0.333. The van der Waals surface area contributed by atoms with Gasteiger partial charge in [0.1, 0.15) is 0 Å². The highest BCUT2D eigenvalue weighted by molar-refractivity contribution is 5.91. The van der Waals surface area contributed by atoms with Crippen LogP contribution < -0.4 is 0 Å². The number of rotatable bonds is 3. The van der Waals surface area contributed by atoms with Gasteiger partial charge in [-0.15, -0.1) is 0 Å². The Hall–Kier alpha value is -2.56. The first-order valence-electron chi connectivity index (χ1n) is 7.67. The number of ether oxygens (including phenoxy) is 1. The van der Waals surface area contributed by atoms with E-state index in [2.05, 4.69) is 6.07 Å². The number of esters is 1. The summed E-state index contributed by atoms with van der Waals surface area (Å²) in [4.78, 5) is 26.3. The average molecular weight is 313 g/mol. The Kier molecular flexibility index (Phi) is 4.19. The van der Waals surface area contributed by atoms with Crippen LogP contribution in [-0.2, 0) is 22.5 Å². The van der Waals surface area contributed by atoms with Gasteiger partial charge in [0, 0.05) is 18.7 Å². The highest BCUT2D eigenvalue weighted by Crippen LogP contribution is 2.20. The second-order valence-electron chi connectivity index (χ2n) is 5.76. The Morgan fingerprint density at radius 3 is 2.65 bits per heavy atom. The Balaban J connectivity index is 1.64. The molecule has 1 aromatic carbocycles. The number of furan rings is 1. The summed E-state index contributed by atoms with van der Waals surface area (Å²) in [6, 6.07) is 9.77. The lowest BCUT2D eigenvalue weighted by Gasteiger charge is -2.30. The van der Waals surface area contributed by atoms with Crippen LogP contribution in [-0.4, -0.2) is 29.4 Å². The van der Waals surface area contributed by atoms with Crippen molar-refractivity contribution < 1.29 is 18.7 Å². The first kappa shape index (κ1) is 15.3. The second kappa shape index (κ2) is 6.28. The molecule has 0 N–H and O–H groups in total. The molecule has 0 unspecified atom stereocenters. The van der Waals surface area contributed by atoms with Crippen LogP contribution in [0.3, 0.4) is 0 Å². The molecule has 0 radical (unpaired) electrons. The third-order valence-electron chi connectivity index (χ3n) is 4.12. The molecule has 1 amide bonds. The molecule has 0 bridgehead atoms. The van der Waals surface area contributed by atoms with Crippen LogP contribution in [0.2, 0.25) is 0 Å². The number of hydrogen-bond donors (Lipinski definition) is 0. The van der Waals surface area contributed by atoms with Gasteiger partial charge in [-0.25, -0.2) is 4.79 Å². The summed E-state index contributed by atoms with van der Waals surface area (Å²) in [6.07, 6.45) is 1.41. The van der Waals surface area contributed by atoms with Crippen molar-refractivity contribution in [2.75, 3.05) is 6.54 Å². The van der Waals surface area contributed by atoms with Crippen LogP contribution in [0.1, 0.15) is 34.2 Å². The molecule has 2 aromatic rings. The minimum atomic E-state index is -0.836. The van der Waals surface area contributed by atoms with E-state index in [0.717, 1.165) is 12.0 Å². The standard InChI is InChI=1S/C18H19NO4/c1-12-8-10-22-16(12)18(21)23-13(2)17(20)19-9-7-14-5-3-4-6-15(14)11-19/h3-6,8,10,13H,7,9,11H2,1-2H3/t13-/m0/s1. The molecule has 3 rings (SSSR count). The van der Waals surface area contributed by atoms with E-state index in [1.807, 2.05) is 18.2 Å². The fourth-order valence-electron chi connectivity index (χ4n) is 2.79. The molecule has 0 aliphatic carbocycles. The monoisotopic (exact) mass is 313 g/mol. The normalized spacial score (nSPS) is 15.0. The van der Waals surface area contributed by atoms with Gasteiger partial charge in [-0.1, -0.05) is 24.3 Å².